The van der Waals surface area contributed by atoms with E-state index in [1.807, 2.05) is 60.7 Å². The van der Waals surface area contributed by atoms with Crippen molar-refractivity contribution in [2.24, 2.45) is 0 Å². The smallest absolute Gasteiger partial charge is 0.235 e. The molecule has 1 fully saturated rings. The molecule has 2 N–H and O–H groups in total. The Labute approximate surface area is 216 Å². The van der Waals surface area contributed by atoms with Crippen LogP contribution in [0.15, 0.2) is 91.0 Å². The Morgan fingerprint density at radius 1 is 0.778 bits per heavy atom. The maximum Gasteiger partial charge on any atom is 0.235 e. The van der Waals surface area contributed by atoms with Gasteiger partial charge in [-0.25, -0.2) is 0 Å². The van der Waals surface area contributed by atoms with Gasteiger partial charge in [-0.05, 0) is 67.0 Å². The zero-order valence-corrected chi connectivity index (χ0v) is 20.6. The molecule has 0 aliphatic carbocycles. The SMILES string of the molecule is S=C(NCc1ccc(N2CCCC2)cc1)Nc1nc(Oc2ccccc2)cc(Oc2ccccc2)n1. The first kappa shape index (κ1) is 23.6. The number of ether oxygens (including phenoxy) is 2. The summed E-state index contributed by atoms with van der Waals surface area (Å²) in [6.45, 7) is 2.85. The molecule has 36 heavy (non-hydrogen) atoms. The van der Waals surface area contributed by atoms with Crippen LogP contribution in [0.2, 0.25) is 0 Å². The van der Waals surface area contributed by atoms with E-state index in [-0.39, 0.29) is 5.95 Å². The predicted octanol–water partition coefficient (Wildman–Crippen LogP) is 6.15. The lowest BCUT2D eigenvalue weighted by atomic mass is 10.2. The van der Waals surface area contributed by atoms with Crippen molar-refractivity contribution in [3.8, 4) is 23.3 Å². The van der Waals surface area contributed by atoms with Crippen molar-refractivity contribution in [3.05, 3.63) is 96.6 Å². The lowest BCUT2D eigenvalue weighted by Gasteiger charge is -2.18. The number of hydrogen-bond donors (Lipinski definition) is 2. The van der Waals surface area contributed by atoms with E-state index < -0.39 is 0 Å². The molecule has 182 valence electrons. The Morgan fingerprint density at radius 3 is 1.89 bits per heavy atom. The Balaban J connectivity index is 1.25. The van der Waals surface area contributed by atoms with Gasteiger partial charge < -0.3 is 25.0 Å². The van der Waals surface area contributed by atoms with Gasteiger partial charge in [0.25, 0.3) is 0 Å². The van der Waals surface area contributed by atoms with Gasteiger partial charge >= 0.3 is 0 Å². The van der Waals surface area contributed by atoms with Gasteiger partial charge in [-0.3, -0.25) is 0 Å². The highest BCUT2D eigenvalue weighted by Crippen LogP contribution is 2.27. The molecule has 0 unspecified atom stereocenters. The summed E-state index contributed by atoms with van der Waals surface area (Å²) in [5, 5.41) is 6.67. The minimum absolute atomic E-state index is 0.274. The third kappa shape index (κ3) is 6.49. The van der Waals surface area contributed by atoms with Crippen molar-refractivity contribution < 1.29 is 9.47 Å². The number of anilines is 2. The van der Waals surface area contributed by atoms with Crippen LogP contribution in [0.4, 0.5) is 11.6 Å². The van der Waals surface area contributed by atoms with Gasteiger partial charge in [-0.15, -0.1) is 0 Å². The standard InChI is InChI=1S/C28H27N5O2S/c36-28(29-20-21-13-15-22(16-14-21)33-17-7-8-18-33)32-27-30-25(34-23-9-3-1-4-10-23)19-26(31-27)35-24-11-5-2-6-12-24/h1-6,9-16,19H,7-8,17-18,20H2,(H2,29,30,31,32,36). The van der Waals surface area contributed by atoms with Crippen molar-refractivity contribution in [1.82, 2.24) is 15.3 Å². The number of para-hydroxylation sites is 2. The molecule has 0 radical (unpaired) electrons. The number of aromatic nitrogens is 2. The highest BCUT2D eigenvalue weighted by atomic mass is 32.1. The molecule has 4 aromatic rings. The monoisotopic (exact) mass is 497 g/mol. The second-order valence-corrected chi connectivity index (χ2v) is 8.77. The highest BCUT2D eigenvalue weighted by Gasteiger charge is 2.13. The first-order valence-electron chi connectivity index (χ1n) is 11.9. The van der Waals surface area contributed by atoms with Crippen LogP contribution in [0.1, 0.15) is 18.4 Å². The van der Waals surface area contributed by atoms with Crippen molar-refractivity contribution in [3.63, 3.8) is 0 Å². The molecule has 0 saturated carbocycles. The van der Waals surface area contributed by atoms with E-state index in [1.165, 1.54) is 18.5 Å². The Morgan fingerprint density at radius 2 is 1.33 bits per heavy atom. The van der Waals surface area contributed by atoms with Crippen LogP contribution in [0.3, 0.4) is 0 Å². The van der Waals surface area contributed by atoms with E-state index in [4.69, 9.17) is 21.7 Å². The lowest BCUT2D eigenvalue weighted by molar-refractivity contribution is 0.435. The van der Waals surface area contributed by atoms with Gasteiger partial charge in [-0.2, -0.15) is 9.97 Å². The number of nitrogens with one attached hydrogen (secondary N) is 2. The molecule has 1 saturated heterocycles. The number of hydrogen-bond acceptors (Lipinski definition) is 6. The van der Waals surface area contributed by atoms with Crippen LogP contribution in [0, 0.1) is 0 Å². The zero-order chi connectivity index (χ0) is 24.6. The van der Waals surface area contributed by atoms with Gasteiger partial charge in [-0.1, -0.05) is 48.5 Å². The summed E-state index contributed by atoms with van der Waals surface area (Å²) in [6, 6.07) is 29.1. The first-order valence-corrected chi connectivity index (χ1v) is 12.4. The normalized spacial score (nSPS) is 12.7. The molecule has 0 atom stereocenters. The molecule has 3 aromatic carbocycles. The van der Waals surface area contributed by atoms with E-state index in [1.54, 1.807) is 6.07 Å². The fourth-order valence-corrected chi connectivity index (χ4v) is 4.07. The molecule has 8 heteroatoms. The Bertz CT molecular complexity index is 1220. The molecule has 0 amide bonds. The average molecular weight is 498 g/mol. The molecule has 1 aromatic heterocycles. The fourth-order valence-electron chi connectivity index (χ4n) is 3.91. The van der Waals surface area contributed by atoms with Gasteiger partial charge in [0, 0.05) is 25.3 Å². The molecular weight excluding hydrogens is 470 g/mol. The van der Waals surface area contributed by atoms with Crippen LogP contribution in [-0.4, -0.2) is 28.2 Å². The Kier molecular flexibility index (Phi) is 7.53. The summed E-state index contributed by atoms with van der Waals surface area (Å²) in [7, 11) is 0. The second-order valence-electron chi connectivity index (χ2n) is 8.37. The average Bonchev–Trinajstić information content (AvgIpc) is 3.44. The maximum absolute atomic E-state index is 5.92. The van der Waals surface area contributed by atoms with E-state index in [0.29, 0.717) is 34.9 Å². The summed E-state index contributed by atoms with van der Waals surface area (Å²) >= 11 is 5.50. The highest BCUT2D eigenvalue weighted by molar-refractivity contribution is 7.80. The largest absolute Gasteiger partial charge is 0.439 e. The van der Waals surface area contributed by atoms with Crippen molar-refractivity contribution in [2.75, 3.05) is 23.3 Å². The van der Waals surface area contributed by atoms with E-state index in [2.05, 4.69) is 49.8 Å². The molecule has 2 heterocycles. The first-order chi connectivity index (χ1) is 17.7. The minimum atomic E-state index is 0.274. The number of rotatable bonds is 8. The molecule has 0 bridgehead atoms. The third-order valence-corrected chi connectivity index (χ3v) is 5.94. The lowest BCUT2D eigenvalue weighted by Crippen LogP contribution is -2.28. The van der Waals surface area contributed by atoms with Crippen LogP contribution in [0.25, 0.3) is 0 Å². The summed E-state index contributed by atoms with van der Waals surface area (Å²) in [5.74, 6) is 2.27. The molecule has 0 spiro atoms. The van der Waals surface area contributed by atoms with Crippen molar-refractivity contribution in [1.29, 1.82) is 0 Å². The van der Waals surface area contributed by atoms with E-state index in [0.717, 1.165) is 18.7 Å². The second kappa shape index (κ2) is 11.5. The van der Waals surface area contributed by atoms with Gasteiger partial charge in [0.2, 0.25) is 17.7 Å². The summed E-state index contributed by atoms with van der Waals surface area (Å²) in [4.78, 5) is 11.3. The van der Waals surface area contributed by atoms with Gasteiger partial charge in [0.1, 0.15) is 11.5 Å². The quantitative estimate of drug-likeness (QED) is 0.281. The van der Waals surface area contributed by atoms with Gasteiger partial charge in [0.15, 0.2) is 5.11 Å². The fraction of sp³-hybridized carbons (Fsp3) is 0.179. The van der Waals surface area contributed by atoms with E-state index >= 15 is 0 Å². The van der Waals surface area contributed by atoms with Gasteiger partial charge in [0.05, 0.1) is 6.07 Å². The molecule has 5 rings (SSSR count). The molecule has 1 aliphatic rings. The van der Waals surface area contributed by atoms with Crippen LogP contribution in [-0.2, 0) is 6.54 Å². The number of thiocarbonyl (C=S) groups is 1. The summed E-state index contributed by atoms with van der Waals surface area (Å²) < 4.78 is 11.8. The minimum Gasteiger partial charge on any atom is -0.439 e. The summed E-state index contributed by atoms with van der Waals surface area (Å²) in [5.41, 5.74) is 2.41. The molecule has 7 nitrogen and oxygen atoms in total. The number of nitrogens with zero attached hydrogens (tertiary/aromatic N) is 3. The topological polar surface area (TPSA) is 71.5 Å². The van der Waals surface area contributed by atoms with Crippen LogP contribution >= 0.6 is 12.2 Å². The molecular formula is C28H27N5O2S. The van der Waals surface area contributed by atoms with Crippen molar-refractivity contribution >= 4 is 29.0 Å². The van der Waals surface area contributed by atoms with E-state index in [9.17, 15) is 0 Å². The number of benzene rings is 3. The molecule has 1 aliphatic heterocycles. The maximum atomic E-state index is 5.92. The zero-order valence-electron chi connectivity index (χ0n) is 19.8. The Hall–Kier alpha value is -4.17. The third-order valence-electron chi connectivity index (χ3n) is 5.70. The summed E-state index contributed by atoms with van der Waals surface area (Å²) in [6.07, 6.45) is 2.53. The van der Waals surface area contributed by atoms with Crippen LogP contribution < -0.4 is 25.0 Å². The van der Waals surface area contributed by atoms with Crippen LogP contribution in [0.5, 0.6) is 23.3 Å². The predicted molar refractivity (Wildman–Crippen MR) is 146 cm³/mol. The van der Waals surface area contributed by atoms with Crippen molar-refractivity contribution in [2.45, 2.75) is 19.4 Å².